The summed E-state index contributed by atoms with van der Waals surface area (Å²) in [6.07, 6.45) is 9.41. The Hall–Kier alpha value is -0.636. The fraction of sp³-hybridized carbons (Fsp3) is 0.792. The first-order valence-electron chi connectivity index (χ1n) is 11.2. The number of allylic oxidation sites excluding steroid dienone is 1. The van der Waals surface area contributed by atoms with Gasteiger partial charge in [0.05, 0.1) is 6.10 Å². The molecule has 0 aromatic carbocycles. The van der Waals surface area contributed by atoms with E-state index in [2.05, 4.69) is 78.0 Å². The summed E-state index contributed by atoms with van der Waals surface area (Å²) in [5.41, 5.74) is 4.73. The molecule has 2 atom stereocenters. The lowest BCUT2D eigenvalue weighted by Gasteiger charge is -2.39. The van der Waals surface area contributed by atoms with Crippen LogP contribution in [0.5, 0.6) is 0 Å². The highest BCUT2D eigenvalue weighted by molar-refractivity contribution is 6.83. The number of unbranched alkanes of at least 4 members (excludes halogenated alkanes) is 2. The van der Waals surface area contributed by atoms with Gasteiger partial charge in [-0.3, -0.25) is 4.79 Å². The van der Waals surface area contributed by atoms with E-state index in [1.165, 1.54) is 19.3 Å². The minimum absolute atomic E-state index is 0.0759. The second-order valence-corrected chi connectivity index (χ2v) is 20.5. The van der Waals surface area contributed by atoms with Crippen molar-refractivity contribution in [3.63, 3.8) is 0 Å². The molecule has 1 saturated carbocycles. The van der Waals surface area contributed by atoms with Crippen molar-refractivity contribution < 1.29 is 9.22 Å². The van der Waals surface area contributed by atoms with Crippen LogP contribution < -0.4 is 0 Å². The van der Waals surface area contributed by atoms with Gasteiger partial charge in [-0.2, -0.15) is 0 Å². The summed E-state index contributed by atoms with van der Waals surface area (Å²) in [6.45, 7) is 20.7. The fourth-order valence-electron chi connectivity index (χ4n) is 3.12. The maximum atomic E-state index is 11.8. The van der Waals surface area contributed by atoms with E-state index >= 15 is 0 Å². The zero-order valence-electron chi connectivity index (χ0n) is 20.0. The summed E-state index contributed by atoms with van der Waals surface area (Å²) in [5.74, 6) is 4.30. The smallest absolute Gasteiger partial charge is 0.192 e. The average Bonchev–Trinajstić information content (AvgIpc) is 2.93. The zero-order valence-corrected chi connectivity index (χ0v) is 22.0. The molecule has 0 bridgehead atoms. The van der Waals surface area contributed by atoms with Crippen LogP contribution in [-0.4, -0.2) is 28.3 Å². The topological polar surface area (TPSA) is 26.3 Å². The molecule has 4 heteroatoms. The molecule has 28 heavy (non-hydrogen) atoms. The van der Waals surface area contributed by atoms with Crippen molar-refractivity contribution in [2.24, 2.45) is 5.92 Å². The van der Waals surface area contributed by atoms with Crippen molar-refractivity contribution in [3.8, 4) is 11.5 Å². The molecule has 2 unspecified atom stereocenters. The normalized spacial score (nSPS) is 20.1. The van der Waals surface area contributed by atoms with Crippen molar-refractivity contribution in [1.82, 2.24) is 0 Å². The highest BCUT2D eigenvalue weighted by Gasteiger charge is 2.39. The molecule has 0 aromatic rings. The number of hydrogen-bond donors (Lipinski definition) is 0. The van der Waals surface area contributed by atoms with E-state index in [1.54, 1.807) is 0 Å². The van der Waals surface area contributed by atoms with Gasteiger partial charge in [-0.15, -0.1) is 5.54 Å². The van der Waals surface area contributed by atoms with Crippen molar-refractivity contribution in [1.29, 1.82) is 0 Å². The quantitative estimate of drug-likeness (QED) is 0.237. The Bertz CT molecular complexity index is 609. The lowest BCUT2D eigenvalue weighted by Crippen LogP contribution is -2.44. The van der Waals surface area contributed by atoms with Gasteiger partial charge in [0.1, 0.15) is 13.9 Å². The van der Waals surface area contributed by atoms with Gasteiger partial charge in [0, 0.05) is 18.4 Å². The van der Waals surface area contributed by atoms with E-state index in [1.807, 2.05) is 0 Å². The SMILES string of the molecule is CCCCCC(O[Si](C)(C)C(C)(C)C)/C(C#C[Si](C)(C)C)=C/C1CCC(=O)C1. The summed E-state index contributed by atoms with van der Waals surface area (Å²) in [7, 11) is -3.38. The number of rotatable bonds is 8. The first-order valence-corrected chi connectivity index (χ1v) is 17.6. The Labute approximate surface area is 177 Å². The molecule has 0 aliphatic heterocycles. The highest BCUT2D eigenvalue weighted by atomic mass is 28.4. The van der Waals surface area contributed by atoms with Crippen LogP contribution in [-0.2, 0) is 9.22 Å². The van der Waals surface area contributed by atoms with Crippen LogP contribution in [0.4, 0.5) is 0 Å². The molecule has 0 heterocycles. The predicted octanol–water partition coefficient (Wildman–Crippen LogP) is 7.13. The minimum Gasteiger partial charge on any atom is -0.409 e. The Kier molecular flexibility index (Phi) is 9.44. The number of carbonyl (C=O) groups excluding carboxylic acids is 1. The third-order valence-corrected chi connectivity index (χ3v) is 11.3. The first kappa shape index (κ1) is 25.4. The molecule has 0 radical (unpaired) electrons. The second-order valence-electron chi connectivity index (χ2n) is 11.0. The third kappa shape index (κ3) is 8.80. The van der Waals surface area contributed by atoms with Crippen molar-refractivity contribution in [3.05, 3.63) is 11.6 Å². The van der Waals surface area contributed by atoms with Gasteiger partial charge in [0.15, 0.2) is 8.32 Å². The molecule has 2 nitrogen and oxygen atoms in total. The number of carbonyl (C=O) groups is 1. The van der Waals surface area contributed by atoms with E-state index < -0.39 is 16.4 Å². The first-order chi connectivity index (χ1) is 12.7. The van der Waals surface area contributed by atoms with Crippen molar-refractivity contribution in [2.45, 2.75) is 117 Å². The zero-order chi connectivity index (χ0) is 21.6. The van der Waals surface area contributed by atoms with Crippen LogP contribution in [0.3, 0.4) is 0 Å². The maximum Gasteiger partial charge on any atom is 0.192 e. The van der Waals surface area contributed by atoms with Gasteiger partial charge in [0.25, 0.3) is 0 Å². The van der Waals surface area contributed by atoms with Crippen LogP contribution >= 0.6 is 0 Å². The molecule has 1 fully saturated rings. The van der Waals surface area contributed by atoms with E-state index in [4.69, 9.17) is 4.43 Å². The van der Waals surface area contributed by atoms with Crippen LogP contribution in [0, 0.1) is 17.4 Å². The predicted molar refractivity (Wildman–Crippen MR) is 128 cm³/mol. The van der Waals surface area contributed by atoms with Gasteiger partial charge in [-0.1, -0.05) is 78.6 Å². The van der Waals surface area contributed by atoms with Crippen molar-refractivity contribution >= 4 is 22.2 Å². The molecule has 0 saturated heterocycles. The van der Waals surface area contributed by atoms with E-state index in [0.717, 1.165) is 24.8 Å². The van der Waals surface area contributed by atoms with Gasteiger partial charge in [0.2, 0.25) is 0 Å². The van der Waals surface area contributed by atoms with Gasteiger partial charge in [-0.25, -0.2) is 0 Å². The van der Waals surface area contributed by atoms with Crippen molar-refractivity contribution in [2.75, 3.05) is 0 Å². The van der Waals surface area contributed by atoms with E-state index in [-0.39, 0.29) is 11.1 Å². The summed E-state index contributed by atoms with van der Waals surface area (Å²) in [6, 6.07) is 0. The molecule has 0 amide bonds. The average molecular weight is 421 g/mol. The number of hydrogen-bond acceptors (Lipinski definition) is 2. The molecule has 0 N–H and O–H groups in total. The number of ketones is 1. The lowest BCUT2D eigenvalue weighted by molar-refractivity contribution is -0.117. The molecular formula is C24H44O2Si2. The fourth-order valence-corrected chi connectivity index (χ4v) is 4.95. The minimum atomic E-state index is -1.90. The molecule has 1 aliphatic carbocycles. The summed E-state index contributed by atoms with van der Waals surface area (Å²) < 4.78 is 6.91. The van der Waals surface area contributed by atoms with Gasteiger partial charge in [-0.05, 0) is 36.9 Å². The third-order valence-electron chi connectivity index (χ3n) is 5.94. The summed E-state index contributed by atoms with van der Waals surface area (Å²) >= 11 is 0. The van der Waals surface area contributed by atoms with Crippen LogP contribution in [0.15, 0.2) is 11.6 Å². The molecular weight excluding hydrogens is 376 g/mol. The second kappa shape index (κ2) is 10.4. The van der Waals surface area contributed by atoms with E-state index in [0.29, 0.717) is 18.1 Å². The Morgan fingerprint density at radius 1 is 1.21 bits per heavy atom. The summed E-state index contributed by atoms with van der Waals surface area (Å²) in [5, 5.41) is 0.177. The lowest BCUT2D eigenvalue weighted by atomic mass is 9.98. The molecule has 0 spiro atoms. The highest BCUT2D eigenvalue weighted by Crippen LogP contribution is 2.39. The van der Waals surface area contributed by atoms with Crippen LogP contribution in [0.2, 0.25) is 37.8 Å². The van der Waals surface area contributed by atoms with Gasteiger partial charge < -0.3 is 4.43 Å². The van der Waals surface area contributed by atoms with Gasteiger partial charge >= 0.3 is 0 Å². The molecule has 160 valence electrons. The Balaban J connectivity index is 3.24. The van der Waals surface area contributed by atoms with Crippen LogP contribution in [0.25, 0.3) is 0 Å². The van der Waals surface area contributed by atoms with E-state index in [9.17, 15) is 4.79 Å². The molecule has 0 aromatic heterocycles. The van der Waals surface area contributed by atoms with Crippen LogP contribution in [0.1, 0.15) is 72.6 Å². The molecule has 1 aliphatic rings. The Morgan fingerprint density at radius 2 is 1.86 bits per heavy atom. The Morgan fingerprint density at radius 3 is 2.32 bits per heavy atom. The maximum absolute atomic E-state index is 11.8. The standard InChI is InChI=1S/C24H44O2Si2/c1-10-11-12-13-23(26-28(8,9)24(2,3)4)21(16-17-27(5,6)7)18-20-14-15-22(25)19-20/h18,20,23H,10-15,19H2,1-9H3/b21-18+. The number of Topliss-reactive ketones (excluding diaryl/α,β-unsaturated/α-hetero) is 1. The summed E-state index contributed by atoms with van der Waals surface area (Å²) in [4.78, 5) is 11.8. The molecule has 1 rings (SSSR count). The largest absolute Gasteiger partial charge is 0.409 e. The monoisotopic (exact) mass is 420 g/mol.